The smallest absolute Gasteiger partial charge is 0.0107 e. The number of hydrogen-bond acceptors (Lipinski definition) is 2. The van der Waals surface area contributed by atoms with E-state index in [2.05, 4.69) is 24.1 Å². The van der Waals surface area contributed by atoms with E-state index in [-0.39, 0.29) is 0 Å². The van der Waals surface area contributed by atoms with Crippen molar-refractivity contribution in [1.82, 2.24) is 10.2 Å². The first-order chi connectivity index (χ1) is 6.86. The molecule has 0 saturated heterocycles. The van der Waals surface area contributed by atoms with E-state index in [0.29, 0.717) is 0 Å². The van der Waals surface area contributed by atoms with Crippen LogP contribution in [0.25, 0.3) is 0 Å². The van der Waals surface area contributed by atoms with Crippen molar-refractivity contribution >= 4 is 0 Å². The largest absolute Gasteiger partial charge is 0.315 e. The molecule has 0 amide bonds. The number of unbranched alkanes of at least 4 members (excludes halogenated alkanes) is 1. The highest BCUT2D eigenvalue weighted by Gasteiger charge is 2.19. The van der Waals surface area contributed by atoms with Crippen LogP contribution < -0.4 is 5.32 Å². The minimum Gasteiger partial charge on any atom is -0.315 e. The van der Waals surface area contributed by atoms with Crippen LogP contribution in [0.3, 0.4) is 0 Å². The molecule has 1 saturated carbocycles. The third-order valence-corrected chi connectivity index (χ3v) is 3.01. The maximum atomic E-state index is 3.55. The van der Waals surface area contributed by atoms with E-state index in [1.165, 1.54) is 58.4 Å². The maximum Gasteiger partial charge on any atom is 0.0107 e. The fraction of sp³-hybridized carbons (Fsp3) is 1.00. The number of rotatable bonds is 9. The van der Waals surface area contributed by atoms with Gasteiger partial charge < -0.3 is 10.2 Å². The Labute approximate surface area is 89.1 Å². The van der Waals surface area contributed by atoms with Crippen LogP contribution in [-0.4, -0.2) is 37.6 Å². The van der Waals surface area contributed by atoms with E-state index in [1.54, 1.807) is 0 Å². The predicted molar refractivity (Wildman–Crippen MR) is 62.6 cm³/mol. The van der Waals surface area contributed by atoms with Gasteiger partial charge in [-0.1, -0.05) is 20.3 Å². The molecule has 0 spiro atoms. The van der Waals surface area contributed by atoms with Gasteiger partial charge in [0.1, 0.15) is 0 Å². The van der Waals surface area contributed by atoms with Gasteiger partial charge in [-0.15, -0.1) is 0 Å². The Morgan fingerprint density at radius 2 is 2.00 bits per heavy atom. The van der Waals surface area contributed by atoms with Gasteiger partial charge in [0.2, 0.25) is 0 Å². The SMILES string of the molecule is CCCCN(CC)CCNCC1CC1. The Morgan fingerprint density at radius 1 is 1.21 bits per heavy atom. The number of hydrogen-bond donors (Lipinski definition) is 1. The highest BCUT2D eigenvalue weighted by Crippen LogP contribution is 2.27. The van der Waals surface area contributed by atoms with Gasteiger partial charge in [0, 0.05) is 13.1 Å². The summed E-state index contributed by atoms with van der Waals surface area (Å²) in [6.07, 6.45) is 5.57. The molecule has 2 nitrogen and oxygen atoms in total. The van der Waals surface area contributed by atoms with E-state index in [0.717, 1.165) is 5.92 Å². The van der Waals surface area contributed by atoms with Crippen molar-refractivity contribution in [1.29, 1.82) is 0 Å². The molecule has 1 rings (SSSR count). The predicted octanol–water partition coefficient (Wildman–Crippen LogP) is 2.11. The van der Waals surface area contributed by atoms with E-state index < -0.39 is 0 Å². The first kappa shape index (κ1) is 12.0. The van der Waals surface area contributed by atoms with Gasteiger partial charge in [0.15, 0.2) is 0 Å². The Morgan fingerprint density at radius 3 is 2.57 bits per heavy atom. The molecule has 84 valence electrons. The molecule has 0 aliphatic heterocycles. The quantitative estimate of drug-likeness (QED) is 0.571. The summed E-state index contributed by atoms with van der Waals surface area (Å²) in [6, 6.07) is 0. The van der Waals surface area contributed by atoms with Crippen molar-refractivity contribution in [3.8, 4) is 0 Å². The van der Waals surface area contributed by atoms with Crippen LogP contribution in [0, 0.1) is 5.92 Å². The Kier molecular flexibility index (Phi) is 6.20. The molecule has 0 unspecified atom stereocenters. The van der Waals surface area contributed by atoms with Gasteiger partial charge >= 0.3 is 0 Å². The van der Waals surface area contributed by atoms with Crippen LogP contribution in [-0.2, 0) is 0 Å². The molecule has 1 N–H and O–H groups in total. The third-order valence-electron chi connectivity index (χ3n) is 3.01. The number of nitrogens with zero attached hydrogens (tertiary/aromatic N) is 1. The lowest BCUT2D eigenvalue weighted by molar-refractivity contribution is 0.282. The first-order valence-electron chi connectivity index (χ1n) is 6.29. The lowest BCUT2D eigenvalue weighted by Gasteiger charge is -2.20. The summed E-state index contributed by atoms with van der Waals surface area (Å²) >= 11 is 0. The summed E-state index contributed by atoms with van der Waals surface area (Å²) in [4.78, 5) is 2.55. The summed E-state index contributed by atoms with van der Waals surface area (Å²) < 4.78 is 0. The van der Waals surface area contributed by atoms with Gasteiger partial charge in [0.25, 0.3) is 0 Å². The Hall–Kier alpha value is -0.0800. The summed E-state index contributed by atoms with van der Waals surface area (Å²) in [5, 5.41) is 3.55. The minimum absolute atomic E-state index is 1.01. The van der Waals surface area contributed by atoms with E-state index >= 15 is 0 Å². The zero-order valence-electron chi connectivity index (χ0n) is 9.89. The molecule has 14 heavy (non-hydrogen) atoms. The molecule has 1 aliphatic rings. The van der Waals surface area contributed by atoms with Crippen LogP contribution in [0.1, 0.15) is 39.5 Å². The van der Waals surface area contributed by atoms with Gasteiger partial charge in [-0.2, -0.15) is 0 Å². The van der Waals surface area contributed by atoms with Crippen LogP contribution in [0.15, 0.2) is 0 Å². The van der Waals surface area contributed by atoms with Crippen molar-refractivity contribution in [2.75, 3.05) is 32.7 Å². The standard InChI is InChI=1S/C12H26N2/c1-3-5-9-14(4-2)10-8-13-11-12-6-7-12/h12-13H,3-11H2,1-2H3. The van der Waals surface area contributed by atoms with Gasteiger partial charge in [-0.25, -0.2) is 0 Å². The lowest BCUT2D eigenvalue weighted by Crippen LogP contribution is -2.33. The third kappa shape index (κ3) is 5.61. The average Bonchev–Trinajstić information content (AvgIpc) is 3.01. The fourth-order valence-electron chi connectivity index (χ4n) is 1.68. The highest BCUT2D eigenvalue weighted by atomic mass is 15.1. The molecule has 0 bridgehead atoms. The summed E-state index contributed by atoms with van der Waals surface area (Å²) in [5.41, 5.74) is 0. The van der Waals surface area contributed by atoms with Crippen molar-refractivity contribution in [2.45, 2.75) is 39.5 Å². The molecular weight excluding hydrogens is 172 g/mol. The first-order valence-corrected chi connectivity index (χ1v) is 6.29. The van der Waals surface area contributed by atoms with E-state index in [1.807, 2.05) is 0 Å². The van der Waals surface area contributed by atoms with Crippen molar-refractivity contribution < 1.29 is 0 Å². The zero-order valence-corrected chi connectivity index (χ0v) is 9.89. The molecular formula is C12H26N2. The monoisotopic (exact) mass is 198 g/mol. The lowest BCUT2D eigenvalue weighted by atomic mass is 10.3. The van der Waals surface area contributed by atoms with Crippen LogP contribution in [0.2, 0.25) is 0 Å². The molecule has 0 aromatic heterocycles. The van der Waals surface area contributed by atoms with Gasteiger partial charge in [0.05, 0.1) is 0 Å². The summed E-state index contributed by atoms with van der Waals surface area (Å²) in [6.45, 7) is 10.7. The summed E-state index contributed by atoms with van der Waals surface area (Å²) in [5.74, 6) is 1.01. The Bertz CT molecular complexity index is 132. The molecule has 0 aromatic carbocycles. The highest BCUT2D eigenvalue weighted by molar-refractivity contribution is 4.75. The van der Waals surface area contributed by atoms with Crippen LogP contribution in [0.4, 0.5) is 0 Å². The van der Waals surface area contributed by atoms with Crippen LogP contribution >= 0.6 is 0 Å². The van der Waals surface area contributed by atoms with E-state index in [9.17, 15) is 0 Å². The molecule has 0 heterocycles. The maximum absolute atomic E-state index is 3.55. The normalized spacial score (nSPS) is 16.5. The number of nitrogens with one attached hydrogen (secondary N) is 1. The average molecular weight is 198 g/mol. The van der Waals surface area contributed by atoms with Crippen LogP contribution in [0.5, 0.6) is 0 Å². The Balaban J connectivity index is 1.89. The second-order valence-corrected chi connectivity index (χ2v) is 4.44. The van der Waals surface area contributed by atoms with Crippen molar-refractivity contribution in [2.24, 2.45) is 5.92 Å². The molecule has 2 heteroatoms. The van der Waals surface area contributed by atoms with E-state index in [4.69, 9.17) is 0 Å². The fourth-order valence-corrected chi connectivity index (χ4v) is 1.68. The second kappa shape index (κ2) is 7.24. The molecule has 0 radical (unpaired) electrons. The second-order valence-electron chi connectivity index (χ2n) is 4.44. The summed E-state index contributed by atoms with van der Waals surface area (Å²) in [7, 11) is 0. The topological polar surface area (TPSA) is 15.3 Å². The molecule has 0 aromatic rings. The van der Waals surface area contributed by atoms with Crippen molar-refractivity contribution in [3.63, 3.8) is 0 Å². The zero-order chi connectivity index (χ0) is 10.2. The minimum atomic E-state index is 1.01. The molecule has 1 aliphatic carbocycles. The molecule has 0 atom stereocenters. The molecule has 1 fully saturated rings. The van der Waals surface area contributed by atoms with Crippen molar-refractivity contribution in [3.05, 3.63) is 0 Å². The van der Waals surface area contributed by atoms with Gasteiger partial charge in [-0.05, 0) is 44.8 Å². The number of likely N-dealkylation sites (N-methyl/N-ethyl adjacent to an activating group) is 1. The van der Waals surface area contributed by atoms with Gasteiger partial charge in [-0.3, -0.25) is 0 Å².